The van der Waals surface area contributed by atoms with Gasteiger partial charge < -0.3 is 4.74 Å². The van der Waals surface area contributed by atoms with Gasteiger partial charge in [-0.05, 0) is 24.7 Å². The van der Waals surface area contributed by atoms with Gasteiger partial charge in [-0.2, -0.15) is 0 Å². The van der Waals surface area contributed by atoms with Crippen molar-refractivity contribution in [3.05, 3.63) is 11.5 Å². The van der Waals surface area contributed by atoms with Gasteiger partial charge in [-0.1, -0.05) is 18.9 Å². The van der Waals surface area contributed by atoms with Crippen LogP contribution in [-0.2, 0) is 4.74 Å². The lowest BCUT2D eigenvalue weighted by atomic mass is 10.2. The van der Waals surface area contributed by atoms with Crippen LogP contribution in [0.25, 0.3) is 0 Å². The van der Waals surface area contributed by atoms with Crippen LogP contribution in [-0.4, -0.2) is 19.0 Å². The Hall–Kier alpha value is 0.0500. The summed E-state index contributed by atoms with van der Waals surface area (Å²) in [5.41, 5.74) is 0. The highest BCUT2D eigenvalue weighted by molar-refractivity contribution is 8.02. The van der Waals surface area contributed by atoms with E-state index >= 15 is 0 Å². The van der Waals surface area contributed by atoms with Crippen molar-refractivity contribution in [2.75, 3.05) is 19.0 Å². The Morgan fingerprint density at radius 3 is 2.17 bits per heavy atom. The lowest BCUT2D eigenvalue weighted by Crippen LogP contribution is -1.89. The van der Waals surface area contributed by atoms with E-state index in [-0.39, 0.29) is 0 Å². The summed E-state index contributed by atoms with van der Waals surface area (Å²) in [6.07, 6.45) is 8.79. The van der Waals surface area contributed by atoms with Gasteiger partial charge in [0.25, 0.3) is 0 Å². The van der Waals surface area contributed by atoms with Gasteiger partial charge >= 0.3 is 0 Å². The van der Waals surface area contributed by atoms with E-state index in [0.717, 1.165) is 13.2 Å². The van der Waals surface area contributed by atoms with Crippen LogP contribution < -0.4 is 0 Å². The van der Waals surface area contributed by atoms with Crippen LogP contribution in [0.4, 0.5) is 0 Å². The summed E-state index contributed by atoms with van der Waals surface area (Å²) in [5.74, 6) is 1.31. The normalized spacial score (nSPS) is 22.7. The maximum atomic E-state index is 5.19. The molecule has 1 nitrogen and oxygen atoms in total. The van der Waals surface area contributed by atoms with Gasteiger partial charge in [-0.15, -0.1) is 11.8 Å². The van der Waals surface area contributed by atoms with Crippen molar-refractivity contribution in [3.63, 3.8) is 0 Å². The molecule has 0 aromatic heterocycles. The van der Waals surface area contributed by atoms with Crippen molar-refractivity contribution in [2.45, 2.75) is 32.1 Å². The van der Waals surface area contributed by atoms with E-state index in [1.807, 2.05) is 11.8 Å². The molecule has 1 saturated heterocycles. The van der Waals surface area contributed by atoms with Gasteiger partial charge in [0.15, 0.2) is 0 Å². The molecule has 0 saturated carbocycles. The minimum atomic E-state index is 1.00. The quantitative estimate of drug-likeness (QED) is 0.574. The summed E-state index contributed by atoms with van der Waals surface area (Å²) in [6, 6.07) is 0. The van der Waals surface area contributed by atoms with E-state index in [0.29, 0.717) is 0 Å². The van der Waals surface area contributed by atoms with E-state index in [1.165, 1.54) is 37.9 Å². The zero-order valence-electron chi connectivity index (χ0n) is 7.63. The fraction of sp³-hybridized carbons (Fsp3) is 0.800. The van der Waals surface area contributed by atoms with Gasteiger partial charge in [0.1, 0.15) is 0 Å². The van der Waals surface area contributed by atoms with Crippen molar-refractivity contribution in [2.24, 2.45) is 0 Å². The van der Waals surface area contributed by atoms with Crippen molar-refractivity contribution < 1.29 is 4.74 Å². The fourth-order valence-corrected chi connectivity index (χ4v) is 1.88. The molecule has 70 valence electrons. The minimum Gasteiger partial charge on any atom is -0.381 e. The Balaban J connectivity index is 0.000000127. The van der Waals surface area contributed by atoms with Gasteiger partial charge in [0, 0.05) is 19.0 Å². The average Bonchev–Trinajstić information content (AvgIpc) is 2.54. The summed E-state index contributed by atoms with van der Waals surface area (Å²) in [7, 11) is 0. The third-order valence-electron chi connectivity index (χ3n) is 1.92. The number of rotatable bonds is 0. The molecule has 0 aliphatic carbocycles. The molecule has 2 heteroatoms. The monoisotopic (exact) mass is 186 g/mol. The SMILES string of the molecule is C1=CSCC1.C1CCCOCC1. The summed E-state index contributed by atoms with van der Waals surface area (Å²) in [6.45, 7) is 2.00. The van der Waals surface area contributed by atoms with E-state index in [1.54, 1.807) is 0 Å². The van der Waals surface area contributed by atoms with Crippen molar-refractivity contribution >= 4 is 11.8 Å². The van der Waals surface area contributed by atoms with Gasteiger partial charge in [0.05, 0.1) is 0 Å². The van der Waals surface area contributed by atoms with Crippen molar-refractivity contribution in [3.8, 4) is 0 Å². The van der Waals surface area contributed by atoms with Crippen molar-refractivity contribution in [1.29, 1.82) is 0 Å². The third kappa shape index (κ3) is 5.67. The highest BCUT2D eigenvalue weighted by atomic mass is 32.2. The Kier molecular flexibility index (Phi) is 6.49. The summed E-state index contributed by atoms with van der Waals surface area (Å²) in [5, 5.41) is 2.15. The van der Waals surface area contributed by atoms with E-state index in [9.17, 15) is 0 Å². The molecule has 2 aliphatic heterocycles. The smallest absolute Gasteiger partial charge is 0.0466 e. The molecule has 0 N–H and O–H groups in total. The van der Waals surface area contributed by atoms with Crippen LogP contribution >= 0.6 is 11.8 Å². The highest BCUT2D eigenvalue weighted by Gasteiger charge is 1.95. The number of hydrogen-bond donors (Lipinski definition) is 0. The molecule has 0 aromatic carbocycles. The van der Waals surface area contributed by atoms with Gasteiger partial charge in [0.2, 0.25) is 0 Å². The molecule has 2 rings (SSSR count). The van der Waals surface area contributed by atoms with Gasteiger partial charge in [-0.3, -0.25) is 0 Å². The molecular formula is C10H18OS. The molecule has 0 atom stereocenters. The maximum absolute atomic E-state index is 5.19. The molecule has 0 spiro atoms. The van der Waals surface area contributed by atoms with Crippen LogP contribution in [0.2, 0.25) is 0 Å². The summed E-state index contributed by atoms with van der Waals surface area (Å²) >= 11 is 1.89. The number of hydrogen-bond acceptors (Lipinski definition) is 2. The Morgan fingerprint density at radius 1 is 1.00 bits per heavy atom. The second-order valence-corrected chi connectivity index (χ2v) is 4.07. The zero-order valence-corrected chi connectivity index (χ0v) is 8.44. The number of allylic oxidation sites excluding steroid dienone is 1. The first-order chi connectivity index (χ1) is 6.00. The van der Waals surface area contributed by atoms with Crippen LogP contribution in [0.15, 0.2) is 11.5 Å². The molecule has 2 aliphatic rings. The standard InChI is InChI=1S/C6H12O.C4H6S/c1-2-4-6-7-5-3-1;1-2-4-5-3-1/h1-6H2;1,3H,2,4H2. The number of ether oxygens (including phenoxy) is 1. The molecule has 0 radical (unpaired) electrons. The Morgan fingerprint density at radius 2 is 1.75 bits per heavy atom. The molecule has 0 amide bonds. The first kappa shape index (κ1) is 10.1. The largest absolute Gasteiger partial charge is 0.381 e. The van der Waals surface area contributed by atoms with E-state index in [2.05, 4.69) is 11.5 Å². The summed E-state index contributed by atoms with van der Waals surface area (Å²) < 4.78 is 5.19. The molecule has 1 fully saturated rings. The first-order valence-electron chi connectivity index (χ1n) is 4.84. The Labute approximate surface area is 79.6 Å². The van der Waals surface area contributed by atoms with Crippen LogP contribution in [0.3, 0.4) is 0 Å². The first-order valence-corrected chi connectivity index (χ1v) is 5.89. The van der Waals surface area contributed by atoms with Crippen LogP contribution in [0.1, 0.15) is 32.1 Å². The second-order valence-electron chi connectivity index (χ2n) is 3.06. The lowest BCUT2D eigenvalue weighted by molar-refractivity contribution is 0.144. The number of thioether (sulfide) groups is 1. The fourth-order valence-electron chi connectivity index (χ4n) is 1.20. The Bertz CT molecular complexity index is 97.4. The molecule has 2 heterocycles. The minimum absolute atomic E-state index is 1.00. The highest BCUT2D eigenvalue weighted by Crippen LogP contribution is 2.11. The average molecular weight is 186 g/mol. The molecule has 0 bridgehead atoms. The zero-order chi connectivity index (χ0) is 8.49. The predicted octanol–water partition coefficient (Wildman–Crippen LogP) is 3.21. The second kappa shape index (κ2) is 7.69. The van der Waals surface area contributed by atoms with E-state index < -0.39 is 0 Å². The third-order valence-corrected chi connectivity index (χ3v) is 2.78. The van der Waals surface area contributed by atoms with E-state index in [4.69, 9.17) is 4.74 Å². The lowest BCUT2D eigenvalue weighted by Gasteiger charge is -1.91. The van der Waals surface area contributed by atoms with Crippen LogP contribution in [0.5, 0.6) is 0 Å². The van der Waals surface area contributed by atoms with Crippen molar-refractivity contribution in [1.82, 2.24) is 0 Å². The molecular weight excluding hydrogens is 168 g/mol. The maximum Gasteiger partial charge on any atom is 0.0466 e. The molecule has 0 unspecified atom stereocenters. The summed E-state index contributed by atoms with van der Waals surface area (Å²) in [4.78, 5) is 0. The van der Waals surface area contributed by atoms with Gasteiger partial charge in [-0.25, -0.2) is 0 Å². The van der Waals surface area contributed by atoms with Crippen LogP contribution in [0, 0.1) is 0 Å². The topological polar surface area (TPSA) is 9.23 Å². The predicted molar refractivity (Wildman–Crippen MR) is 55.5 cm³/mol. The molecule has 0 aromatic rings. The molecule has 12 heavy (non-hydrogen) atoms.